The van der Waals surface area contributed by atoms with Gasteiger partial charge in [0.25, 0.3) is 0 Å². The van der Waals surface area contributed by atoms with Crippen molar-refractivity contribution in [2.45, 2.75) is 52.0 Å². The van der Waals surface area contributed by atoms with Gasteiger partial charge in [-0.2, -0.15) is 0 Å². The number of hydrogen-bond acceptors (Lipinski definition) is 1. The molecule has 1 aliphatic rings. The van der Waals surface area contributed by atoms with E-state index in [4.69, 9.17) is 0 Å². The van der Waals surface area contributed by atoms with Crippen LogP contribution in [0.5, 0.6) is 0 Å². The molecule has 0 radical (unpaired) electrons. The molecule has 1 heteroatoms. The largest absolute Gasteiger partial charge is 0.314 e. The summed E-state index contributed by atoms with van der Waals surface area (Å²) in [6.45, 7) is 10.3. The summed E-state index contributed by atoms with van der Waals surface area (Å²) in [7, 11) is 0. The van der Waals surface area contributed by atoms with Gasteiger partial charge in [0, 0.05) is 6.04 Å². The third kappa shape index (κ3) is 3.96. The van der Waals surface area contributed by atoms with Crippen LogP contribution in [-0.2, 0) is 6.42 Å². The van der Waals surface area contributed by atoms with Gasteiger partial charge in [0.1, 0.15) is 0 Å². The minimum atomic E-state index is 0.624. The van der Waals surface area contributed by atoms with E-state index < -0.39 is 0 Å². The summed E-state index contributed by atoms with van der Waals surface area (Å²) in [6, 6.07) is 11.5. The van der Waals surface area contributed by atoms with Crippen LogP contribution >= 0.6 is 0 Å². The first-order valence-electron chi connectivity index (χ1n) is 8.17. The molecule has 0 amide bonds. The van der Waals surface area contributed by atoms with Gasteiger partial charge in [-0.3, -0.25) is 0 Å². The minimum absolute atomic E-state index is 0.624. The van der Waals surface area contributed by atoms with E-state index in [0.29, 0.717) is 12.0 Å². The standard InChI is InChI=1S/C19H29N/c1-4-18(19-11-8-14-20-19)16(3)15(2)12-13-17-9-6-5-7-10-17/h5-7,9-10,16,18-20H,2,4,8,11-14H2,1,3H3. The highest BCUT2D eigenvalue weighted by molar-refractivity contribution is 5.17. The Labute approximate surface area is 124 Å². The lowest BCUT2D eigenvalue weighted by Gasteiger charge is -2.30. The van der Waals surface area contributed by atoms with Crippen molar-refractivity contribution in [2.75, 3.05) is 6.54 Å². The number of allylic oxidation sites excluding steroid dienone is 1. The fourth-order valence-electron chi connectivity index (χ4n) is 3.54. The topological polar surface area (TPSA) is 12.0 Å². The molecular weight excluding hydrogens is 242 g/mol. The van der Waals surface area contributed by atoms with E-state index in [1.54, 1.807) is 0 Å². The van der Waals surface area contributed by atoms with Gasteiger partial charge < -0.3 is 5.32 Å². The van der Waals surface area contributed by atoms with E-state index in [2.05, 4.69) is 56.1 Å². The lowest BCUT2D eigenvalue weighted by atomic mass is 9.79. The predicted octanol–water partition coefficient (Wildman–Crippen LogP) is 4.59. The minimum Gasteiger partial charge on any atom is -0.314 e. The van der Waals surface area contributed by atoms with E-state index in [-0.39, 0.29) is 0 Å². The summed E-state index contributed by atoms with van der Waals surface area (Å²) in [6.07, 6.45) is 6.18. The van der Waals surface area contributed by atoms with Gasteiger partial charge >= 0.3 is 0 Å². The Hall–Kier alpha value is -1.08. The van der Waals surface area contributed by atoms with Gasteiger partial charge in [0.05, 0.1) is 0 Å². The molecule has 0 spiro atoms. The number of nitrogens with one attached hydrogen (secondary N) is 1. The molecule has 0 aromatic heterocycles. The Morgan fingerprint density at radius 2 is 2.10 bits per heavy atom. The highest BCUT2D eigenvalue weighted by Crippen LogP contribution is 2.31. The van der Waals surface area contributed by atoms with Crippen molar-refractivity contribution in [2.24, 2.45) is 11.8 Å². The second-order valence-electron chi connectivity index (χ2n) is 6.21. The van der Waals surface area contributed by atoms with Gasteiger partial charge in [-0.15, -0.1) is 0 Å². The van der Waals surface area contributed by atoms with Crippen LogP contribution in [0.25, 0.3) is 0 Å². The van der Waals surface area contributed by atoms with Crippen molar-refractivity contribution in [3.8, 4) is 0 Å². The van der Waals surface area contributed by atoms with E-state index >= 15 is 0 Å². The average Bonchev–Trinajstić information content (AvgIpc) is 3.00. The van der Waals surface area contributed by atoms with Gasteiger partial charge in [-0.05, 0) is 49.6 Å². The molecule has 1 saturated heterocycles. The van der Waals surface area contributed by atoms with E-state index in [1.165, 1.54) is 36.9 Å². The average molecular weight is 271 g/mol. The third-order valence-electron chi connectivity index (χ3n) is 4.95. The van der Waals surface area contributed by atoms with Crippen molar-refractivity contribution in [3.05, 3.63) is 48.0 Å². The molecule has 0 aliphatic carbocycles. The molecule has 20 heavy (non-hydrogen) atoms. The fourth-order valence-corrected chi connectivity index (χ4v) is 3.54. The van der Waals surface area contributed by atoms with E-state index in [9.17, 15) is 0 Å². The summed E-state index contributed by atoms with van der Waals surface area (Å²) >= 11 is 0. The molecule has 1 aromatic carbocycles. The van der Waals surface area contributed by atoms with Crippen molar-refractivity contribution >= 4 is 0 Å². The third-order valence-corrected chi connectivity index (χ3v) is 4.95. The Morgan fingerprint density at radius 1 is 1.35 bits per heavy atom. The molecule has 3 atom stereocenters. The van der Waals surface area contributed by atoms with Gasteiger partial charge in [0.2, 0.25) is 0 Å². The zero-order chi connectivity index (χ0) is 14.4. The van der Waals surface area contributed by atoms with Crippen LogP contribution in [0.15, 0.2) is 42.5 Å². The second-order valence-corrected chi connectivity index (χ2v) is 6.21. The molecular formula is C19H29N. The maximum absolute atomic E-state index is 4.38. The smallest absolute Gasteiger partial charge is 0.0101 e. The van der Waals surface area contributed by atoms with Gasteiger partial charge in [-0.1, -0.05) is 62.8 Å². The van der Waals surface area contributed by atoms with E-state index in [0.717, 1.165) is 18.8 Å². The monoisotopic (exact) mass is 271 g/mol. The first kappa shape index (κ1) is 15.3. The number of benzene rings is 1. The molecule has 1 heterocycles. The molecule has 0 saturated carbocycles. The van der Waals surface area contributed by atoms with Crippen LogP contribution in [0.3, 0.4) is 0 Å². The first-order valence-corrected chi connectivity index (χ1v) is 8.17. The summed E-state index contributed by atoms with van der Waals surface area (Å²) in [5, 5.41) is 3.68. The molecule has 1 aliphatic heterocycles. The van der Waals surface area contributed by atoms with Gasteiger partial charge in [-0.25, -0.2) is 0 Å². The second kappa shape index (κ2) is 7.64. The number of hydrogen-bond donors (Lipinski definition) is 1. The molecule has 1 nitrogen and oxygen atoms in total. The van der Waals surface area contributed by atoms with Gasteiger partial charge in [0.15, 0.2) is 0 Å². The molecule has 0 bridgehead atoms. The maximum atomic E-state index is 4.38. The predicted molar refractivity (Wildman–Crippen MR) is 87.9 cm³/mol. The highest BCUT2D eigenvalue weighted by atomic mass is 14.9. The molecule has 3 unspecified atom stereocenters. The van der Waals surface area contributed by atoms with Crippen LogP contribution in [0, 0.1) is 11.8 Å². The lowest BCUT2D eigenvalue weighted by molar-refractivity contribution is 0.297. The van der Waals surface area contributed by atoms with Crippen LogP contribution in [-0.4, -0.2) is 12.6 Å². The Morgan fingerprint density at radius 3 is 2.70 bits per heavy atom. The van der Waals surface area contributed by atoms with Crippen molar-refractivity contribution < 1.29 is 0 Å². The molecule has 1 aromatic rings. The van der Waals surface area contributed by atoms with Crippen LogP contribution in [0.1, 0.15) is 45.1 Å². The lowest BCUT2D eigenvalue weighted by Crippen LogP contribution is -2.34. The zero-order valence-corrected chi connectivity index (χ0v) is 13.1. The SMILES string of the molecule is C=C(CCc1ccccc1)C(C)C(CC)C1CCCN1. The Balaban J connectivity index is 1.86. The highest BCUT2D eigenvalue weighted by Gasteiger charge is 2.28. The van der Waals surface area contributed by atoms with E-state index in [1.807, 2.05) is 0 Å². The first-order chi connectivity index (χ1) is 9.72. The fraction of sp³-hybridized carbons (Fsp3) is 0.579. The van der Waals surface area contributed by atoms with Crippen molar-refractivity contribution in [3.63, 3.8) is 0 Å². The Bertz CT molecular complexity index is 403. The van der Waals surface area contributed by atoms with Crippen LogP contribution < -0.4 is 5.32 Å². The number of aryl methyl sites for hydroxylation is 1. The molecule has 110 valence electrons. The van der Waals surface area contributed by atoms with Crippen LogP contribution in [0.4, 0.5) is 0 Å². The summed E-state index contributed by atoms with van der Waals surface area (Å²) in [4.78, 5) is 0. The van der Waals surface area contributed by atoms with Crippen molar-refractivity contribution in [1.82, 2.24) is 5.32 Å². The molecule has 1 N–H and O–H groups in total. The van der Waals surface area contributed by atoms with Crippen LogP contribution in [0.2, 0.25) is 0 Å². The quantitative estimate of drug-likeness (QED) is 0.715. The summed E-state index contributed by atoms with van der Waals surface area (Å²) in [5.74, 6) is 1.38. The Kier molecular flexibility index (Phi) is 5.85. The summed E-state index contributed by atoms with van der Waals surface area (Å²) < 4.78 is 0. The van der Waals surface area contributed by atoms with Crippen molar-refractivity contribution in [1.29, 1.82) is 0 Å². The number of rotatable bonds is 7. The summed E-state index contributed by atoms with van der Waals surface area (Å²) in [5.41, 5.74) is 2.85. The maximum Gasteiger partial charge on any atom is 0.0101 e. The molecule has 2 rings (SSSR count). The zero-order valence-electron chi connectivity index (χ0n) is 13.1. The molecule has 1 fully saturated rings. The normalized spacial score (nSPS) is 21.6.